The highest BCUT2D eigenvalue weighted by molar-refractivity contribution is 7.89. The summed E-state index contributed by atoms with van der Waals surface area (Å²) in [6.07, 6.45) is 0.193. The Balaban J connectivity index is 1.96. The first-order valence-electron chi connectivity index (χ1n) is 8.54. The minimum absolute atomic E-state index is 0.0469. The van der Waals surface area contributed by atoms with Gasteiger partial charge in [-0.2, -0.15) is 0 Å². The van der Waals surface area contributed by atoms with E-state index in [-0.39, 0.29) is 33.8 Å². The lowest BCUT2D eigenvalue weighted by Gasteiger charge is -2.17. The van der Waals surface area contributed by atoms with E-state index in [4.69, 9.17) is 11.6 Å². The molecule has 0 radical (unpaired) electrons. The molecule has 9 heteroatoms. The molecule has 0 aromatic heterocycles. The fourth-order valence-electron chi connectivity index (χ4n) is 2.46. The second kappa shape index (κ2) is 9.47. The van der Waals surface area contributed by atoms with E-state index in [0.29, 0.717) is 13.1 Å². The predicted octanol–water partition coefficient (Wildman–Crippen LogP) is 3.19. The highest BCUT2D eigenvalue weighted by atomic mass is 35.5. The van der Waals surface area contributed by atoms with Gasteiger partial charge in [-0.3, -0.25) is 4.79 Å². The number of anilines is 1. The Morgan fingerprint density at radius 3 is 2.36 bits per heavy atom. The Hall–Kier alpha value is -2.00. The van der Waals surface area contributed by atoms with Crippen LogP contribution in [0.15, 0.2) is 47.4 Å². The number of rotatable bonds is 8. The first kappa shape index (κ1) is 22.3. The summed E-state index contributed by atoms with van der Waals surface area (Å²) in [5.74, 6) is -0.576. The van der Waals surface area contributed by atoms with Crippen molar-refractivity contribution < 1.29 is 17.6 Å². The third kappa shape index (κ3) is 6.00. The van der Waals surface area contributed by atoms with Gasteiger partial charge in [0.25, 0.3) is 0 Å². The first-order chi connectivity index (χ1) is 13.1. The third-order valence-electron chi connectivity index (χ3n) is 4.08. The van der Waals surface area contributed by atoms with Crippen molar-refractivity contribution in [3.63, 3.8) is 0 Å². The van der Waals surface area contributed by atoms with Crippen LogP contribution in [-0.2, 0) is 21.4 Å². The third-order valence-corrected chi connectivity index (χ3v) is 6.22. The summed E-state index contributed by atoms with van der Waals surface area (Å²) in [7, 11) is 1.09. The first-order valence-corrected chi connectivity index (χ1v) is 10.4. The average Bonchev–Trinajstić information content (AvgIpc) is 2.63. The van der Waals surface area contributed by atoms with Gasteiger partial charge in [-0.05, 0) is 42.9 Å². The number of amides is 1. The zero-order valence-corrected chi connectivity index (χ0v) is 17.5. The minimum Gasteiger partial charge on any atom is -0.325 e. The van der Waals surface area contributed by atoms with E-state index < -0.39 is 10.0 Å². The summed E-state index contributed by atoms with van der Waals surface area (Å²) in [6, 6.07) is 10.4. The van der Waals surface area contributed by atoms with Gasteiger partial charge in [-0.1, -0.05) is 23.7 Å². The molecule has 0 spiro atoms. The molecule has 0 saturated heterocycles. The van der Waals surface area contributed by atoms with Gasteiger partial charge in [0, 0.05) is 33.6 Å². The molecule has 1 N–H and O–H groups in total. The number of nitrogens with zero attached hydrogens (tertiary/aromatic N) is 2. The van der Waals surface area contributed by atoms with Gasteiger partial charge < -0.3 is 10.2 Å². The fourth-order valence-corrected chi connectivity index (χ4v) is 3.55. The van der Waals surface area contributed by atoms with Crippen molar-refractivity contribution >= 4 is 33.2 Å². The molecular formula is C19H23ClFN3O3S. The van der Waals surface area contributed by atoms with Crippen molar-refractivity contribution in [3.05, 3.63) is 58.9 Å². The van der Waals surface area contributed by atoms with Crippen molar-refractivity contribution in [2.24, 2.45) is 0 Å². The van der Waals surface area contributed by atoms with Crippen molar-refractivity contribution in [1.29, 1.82) is 0 Å². The van der Waals surface area contributed by atoms with E-state index in [1.807, 2.05) is 11.9 Å². The predicted molar refractivity (Wildman–Crippen MR) is 108 cm³/mol. The number of halogens is 2. The van der Waals surface area contributed by atoms with Gasteiger partial charge in [0.2, 0.25) is 15.9 Å². The molecule has 0 atom stereocenters. The molecular weight excluding hydrogens is 405 g/mol. The van der Waals surface area contributed by atoms with Gasteiger partial charge >= 0.3 is 0 Å². The molecule has 0 fully saturated rings. The fraction of sp³-hybridized carbons (Fsp3) is 0.316. The standard InChI is InChI=1S/C19H23ClFN3O3S/c1-23(2)28(26,27)16-8-9-17(20)18(12-16)22-19(25)10-11-24(3)13-14-4-6-15(21)7-5-14/h4-9,12H,10-11,13H2,1-3H3,(H,22,25). The van der Waals surface area contributed by atoms with Crippen LogP contribution in [0.25, 0.3) is 0 Å². The van der Waals surface area contributed by atoms with Crippen molar-refractivity contribution in [1.82, 2.24) is 9.21 Å². The van der Waals surface area contributed by atoms with Crippen LogP contribution >= 0.6 is 11.6 Å². The van der Waals surface area contributed by atoms with E-state index in [0.717, 1.165) is 9.87 Å². The number of carbonyl (C=O) groups is 1. The van der Waals surface area contributed by atoms with Gasteiger partial charge in [0.15, 0.2) is 0 Å². The summed E-state index contributed by atoms with van der Waals surface area (Å²) in [5.41, 5.74) is 1.18. The van der Waals surface area contributed by atoms with Crippen LogP contribution < -0.4 is 5.32 Å². The highest BCUT2D eigenvalue weighted by Gasteiger charge is 2.19. The molecule has 2 aromatic carbocycles. The molecule has 0 aliphatic rings. The maximum atomic E-state index is 12.9. The van der Waals surface area contributed by atoms with Gasteiger partial charge in [-0.25, -0.2) is 17.1 Å². The molecule has 2 aromatic rings. The Kier molecular flexibility index (Phi) is 7.54. The summed E-state index contributed by atoms with van der Waals surface area (Å²) >= 11 is 6.09. The lowest BCUT2D eigenvalue weighted by Crippen LogP contribution is -2.24. The van der Waals surface area contributed by atoms with E-state index >= 15 is 0 Å². The Labute approximate surface area is 170 Å². The molecule has 2 rings (SSSR count). The van der Waals surface area contributed by atoms with Crippen molar-refractivity contribution in [2.75, 3.05) is 33.0 Å². The molecule has 152 valence electrons. The normalized spacial score (nSPS) is 11.8. The smallest absolute Gasteiger partial charge is 0.242 e. The SMILES string of the molecule is CN(CCC(=O)Nc1cc(S(=O)(=O)N(C)C)ccc1Cl)Cc1ccc(F)cc1. The number of carbonyl (C=O) groups excluding carboxylic acids is 1. The van der Waals surface area contributed by atoms with Crippen LogP contribution in [-0.4, -0.2) is 51.2 Å². The maximum absolute atomic E-state index is 12.9. The Bertz CT molecular complexity index is 934. The summed E-state index contributed by atoms with van der Waals surface area (Å²) in [4.78, 5) is 14.2. The van der Waals surface area contributed by atoms with Crippen LogP contribution in [0.4, 0.5) is 10.1 Å². The van der Waals surface area contributed by atoms with Crippen LogP contribution in [0, 0.1) is 5.82 Å². The van der Waals surface area contributed by atoms with Gasteiger partial charge in [0.05, 0.1) is 15.6 Å². The largest absolute Gasteiger partial charge is 0.325 e. The van der Waals surface area contributed by atoms with E-state index in [1.54, 1.807) is 12.1 Å². The van der Waals surface area contributed by atoms with E-state index in [9.17, 15) is 17.6 Å². The van der Waals surface area contributed by atoms with E-state index in [1.165, 1.54) is 44.4 Å². The van der Waals surface area contributed by atoms with Crippen LogP contribution in [0.2, 0.25) is 5.02 Å². The maximum Gasteiger partial charge on any atom is 0.242 e. The average molecular weight is 428 g/mol. The summed E-state index contributed by atoms with van der Waals surface area (Å²) in [5, 5.41) is 2.91. The van der Waals surface area contributed by atoms with Crippen molar-refractivity contribution in [2.45, 2.75) is 17.9 Å². The highest BCUT2D eigenvalue weighted by Crippen LogP contribution is 2.26. The topological polar surface area (TPSA) is 69.7 Å². The monoisotopic (exact) mass is 427 g/mol. The summed E-state index contributed by atoms with van der Waals surface area (Å²) < 4.78 is 38.5. The number of hydrogen-bond acceptors (Lipinski definition) is 4. The molecule has 0 heterocycles. The molecule has 0 unspecified atom stereocenters. The van der Waals surface area contributed by atoms with Gasteiger partial charge in [0.1, 0.15) is 5.82 Å². The lowest BCUT2D eigenvalue weighted by molar-refractivity contribution is -0.116. The molecule has 6 nitrogen and oxygen atoms in total. The number of sulfonamides is 1. The molecule has 1 amide bonds. The van der Waals surface area contributed by atoms with Gasteiger partial charge in [-0.15, -0.1) is 0 Å². The zero-order chi connectivity index (χ0) is 20.9. The molecule has 0 bridgehead atoms. The van der Waals surface area contributed by atoms with Crippen LogP contribution in [0.5, 0.6) is 0 Å². The number of nitrogens with one attached hydrogen (secondary N) is 1. The second-order valence-corrected chi connectivity index (χ2v) is 9.15. The second-order valence-electron chi connectivity index (χ2n) is 6.59. The molecule has 0 aliphatic carbocycles. The van der Waals surface area contributed by atoms with Crippen LogP contribution in [0.1, 0.15) is 12.0 Å². The molecule has 28 heavy (non-hydrogen) atoms. The zero-order valence-electron chi connectivity index (χ0n) is 15.9. The quantitative estimate of drug-likeness (QED) is 0.702. The summed E-state index contributed by atoms with van der Waals surface area (Å²) in [6.45, 7) is 1.04. The minimum atomic E-state index is -3.63. The van der Waals surface area contributed by atoms with E-state index in [2.05, 4.69) is 5.32 Å². The number of hydrogen-bond donors (Lipinski definition) is 1. The van der Waals surface area contributed by atoms with Crippen LogP contribution in [0.3, 0.4) is 0 Å². The lowest BCUT2D eigenvalue weighted by atomic mass is 10.2. The van der Waals surface area contributed by atoms with Crippen molar-refractivity contribution in [3.8, 4) is 0 Å². The Morgan fingerprint density at radius 1 is 1.11 bits per heavy atom. The number of benzene rings is 2. The molecule has 0 aliphatic heterocycles. The Morgan fingerprint density at radius 2 is 1.75 bits per heavy atom. The molecule has 0 saturated carbocycles.